The van der Waals surface area contributed by atoms with E-state index < -0.39 is 0 Å². The Labute approximate surface area is 315 Å². The molecule has 0 bridgehead atoms. The zero-order chi connectivity index (χ0) is 35.0. The predicted octanol–water partition coefficient (Wildman–Crippen LogP) is 11.7. The van der Waals surface area contributed by atoms with Gasteiger partial charge in [0.25, 0.3) is 0 Å². The van der Waals surface area contributed by atoms with Crippen molar-refractivity contribution in [2.24, 2.45) is 0 Å². The molecule has 0 aliphatic rings. The van der Waals surface area contributed by atoms with E-state index in [1.54, 1.807) is 0 Å². The van der Waals surface area contributed by atoms with E-state index in [0.717, 1.165) is 52.2 Å². The molecule has 0 aliphatic heterocycles. The normalized spacial score (nSPS) is 10.2. The molecule has 252 valence electrons. The van der Waals surface area contributed by atoms with Crippen LogP contribution in [0.4, 0.5) is 5.69 Å². The van der Waals surface area contributed by atoms with Gasteiger partial charge >= 0.3 is 21.7 Å². The number of benzene rings is 6. The Morgan fingerprint density at radius 2 is 1.04 bits per heavy atom. The number of aromatic hydroxyl groups is 1. The molecule has 0 heterocycles. The first-order valence-electron chi connectivity index (χ1n) is 16.8. The number of hydrogen-bond donors (Lipinski definition) is 1. The average Bonchev–Trinajstić information content (AvgIpc) is 3.09. The molecule has 4 heteroatoms. The molecule has 0 amide bonds. The van der Waals surface area contributed by atoms with Crippen LogP contribution in [0, 0.1) is 41.5 Å². The van der Waals surface area contributed by atoms with Gasteiger partial charge in [0, 0.05) is 24.2 Å². The van der Waals surface area contributed by atoms with Crippen molar-refractivity contribution in [3.8, 4) is 16.9 Å². The van der Waals surface area contributed by atoms with Gasteiger partial charge in [0.15, 0.2) is 0 Å². The minimum atomic E-state index is 0. The molecule has 0 radical (unpaired) electrons. The maximum atomic E-state index is 11.2. The van der Waals surface area contributed by atoms with E-state index in [-0.39, 0.29) is 21.7 Å². The fourth-order valence-corrected chi connectivity index (χ4v) is 5.79. The minimum Gasteiger partial charge on any atom is -0.683 e. The van der Waals surface area contributed by atoms with Crippen LogP contribution >= 0.6 is 0 Å². The van der Waals surface area contributed by atoms with Crippen molar-refractivity contribution in [1.82, 2.24) is 4.90 Å². The Morgan fingerprint density at radius 1 is 0.580 bits per heavy atom. The summed E-state index contributed by atoms with van der Waals surface area (Å²) in [5.41, 5.74) is 12.2. The van der Waals surface area contributed by atoms with E-state index in [9.17, 15) is 5.11 Å². The van der Waals surface area contributed by atoms with E-state index in [2.05, 4.69) is 95.0 Å². The van der Waals surface area contributed by atoms with Gasteiger partial charge < -0.3 is 10.4 Å². The summed E-state index contributed by atoms with van der Waals surface area (Å²) >= 11 is 0. The van der Waals surface area contributed by atoms with Crippen LogP contribution in [0.3, 0.4) is 0 Å². The number of phenolic OH excluding ortho intramolecular Hbond substituents is 1. The molecule has 0 saturated heterocycles. The van der Waals surface area contributed by atoms with Gasteiger partial charge in [-0.3, -0.25) is 4.90 Å². The molecular weight excluding hydrogens is 644 g/mol. The van der Waals surface area contributed by atoms with Gasteiger partial charge in [-0.2, -0.15) is 49.2 Å². The van der Waals surface area contributed by atoms with Crippen molar-refractivity contribution < 1.29 is 26.8 Å². The molecule has 0 atom stereocenters. The van der Waals surface area contributed by atoms with Crippen LogP contribution in [0.15, 0.2) is 146 Å². The van der Waals surface area contributed by atoms with E-state index in [0.29, 0.717) is 18.8 Å². The zero-order valence-corrected chi connectivity index (χ0v) is 31.5. The van der Waals surface area contributed by atoms with Crippen molar-refractivity contribution >= 4 is 5.69 Å². The first-order chi connectivity index (χ1) is 23.7. The zero-order valence-electron chi connectivity index (χ0n) is 29.9. The van der Waals surface area contributed by atoms with Crippen LogP contribution in [0.25, 0.3) is 16.4 Å². The van der Waals surface area contributed by atoms with Gasteiger partial charge in [-0.25, -0.2) is 0 Å². The SMILES string of the molecule is Cc1cc(C)c([N-]CCN(Cc2ccccc2)Cc2cc(C)cc(-c3ccccc3)c2O)c(C)c1.[CH2-]c1ccccc1.[CH2-]c1ccccc1.[Ti+4]. The third-order valence-electron chi connectivity index (χ3n) is 8.07. The summed E-state index contributed by atoms with van der Waals surface area (Å²) < 4.78 is 0. The molecule has 6 aromatic carbocycles. The molecule has 3 nitrogen and oxygen atoms in total. The molecule has 6 rings (SSSR count). The number of phenols is 1. The molecule has 1 N–H and O–H groups in total. The van der Waals surface area contributed by atoms with Gasteiger partial charge in [0.05, 0.1) is 0 Å². The Kier molecular flexibility index (Phi) is 16.5. The fourth-order valence-electron chi connectivity index (χ4n) is 5.79. The van der Waals surface area contributed by atoms with Crippen LogP contribution in [-0.4, -0.2) is 23.1 Å². The standard InChI is InChI=1S/C32H35N2O.2C7H7.Ti/c1-23-17-25(3)31(26(4)18-23)33-15-16-34(21-27-11-7-5-8-12-27)22-29-19-24(2)20-30(32(29)35)28-13-9-6-10-14-28;2*1-7-5-3-2-4-6-7;/h5-14,17-20,35H,15-16,21-22H2,1-4H3;2*2-6H,1H2;/q3*-1;+4. The molecule has 50 heavy (non-hydrogen) atoms. The topological polar surface area (TPSA) is 37.6 Å². The summed E-state index contributed by atoms with van der Waals surface area (Å²) in [7, 11) is 0. The molecule has 0 spiro atoms. The second kappa shape index (κ2) is 20.8. The van der Waals surface area contributed by atoms with Gasteiger partial charge in [-0.05, 0) is 57.0 Å². The minimum absolute atomic E-state index is 0. The van der Waals surface area contributed by atoms with Crippen molar-refractivity contribution in [2.45, 2.75) is 40.8 Å². The third-order valence-corrected chi connectivity index (χ3v) is 8.07. The monoisotopic (exact) mass is 693 g/mol. The fraction of sp³-hybridized carbons (Fsp3) is 0.174. The van der Waals surface area contributed by atoms with Gasteiger partial charge in [-0.1, -0.05) is 108 Å². The summed E-state index contributed by atoms with van der Waals surface area (Å²) in [4.78, 5) is 2.38. The summed E-state index contributed by atoms with van der Waals surface area (Å²) in [6.07, 6.45) is 0. The van der Waals surface area contributed by atoms with Crippen molar-refractivity contribution in [3.05, 3.63) is 209 Å². The molecule has 0 saturated carbocycles. The number of hydrogen-bond acceptors (Lipinski definition) is 2. The van der Waals surface area contributed by atoms with Gasteiger partial charge in [-0.15, -0.1) is 36.5 Å². The Hall–Kier alpha value is -4.67. The summed E-state index contributed by atoms with van der Waals surface area (Å²) in [5.74, 6) is 0.363. The summed E-state index contributed by atoms with van der Waals surface area (Å²) in [6, 6.07) is 48.9. The molecule has 0 fully saturated rings. The van der Waals surface area contributed by atoms with Crippen LogP contribution in [0.1, 0.15) is 44.5 Å². The smallest absolute Gasteiger partial charge is 0.683 e. The van der Waals surface area contributed by atoms with Crippen LogP contribution in [0.5, 0.6) is 5.75 Å². The Bertz CT molecular complexity index is 1780. The van der Waals surface area contributed by atoms with Crippen molar-refractivity contribution in [1.29, 1.82) is 0 Å². The molecule has 0 aromatic heterocycles. The number of aryl methyl sites for hydroxylation is 4. The maximum Gasteiger partial charge on any atom is 4.00 e. The van der Waals surface area contributed by atoms with Gasteiger partial charge in [0.1, 0.15) is 5.75 Å². The first-order valence-corrected chi connectivity index (χ1v) is 16.8. The quantitative estimate of drug-likeness (QED) is 0.121. The number of nitrogens with zero attached hydrogens (tertiary/aromatic N) is 2. The van der Waals surface area contributed by atoms with Gasteiger partial charge in [0.2, 0.25) is 0 Å². The van der Waals surface area contributed by atoms with E-state index in [4.69, 9.17) is 5.32 Å². The van der Waals surface area contributed by atoms with Crippen LogP contribution < -0.4 is 0 Å². The van der Waals surface area contributed by atoms with E-state index in [1.807, 2.05) is 97.1 Å². The molecule has 6 aromatic rings. The second-order valence-corrected chi connectivity index (χ2v) is 12.5. The Balaban J connectivity index is 0.000000372. The average molecular weight is 694 g/mol. The first kappa shape index (κ1) is 39.8. The summed E-state index contributed by atoms with van der Waals surface area (Å²) in [6.45, 7) is 18.9. The molecular formula is C46H49N2OTi+. The second-order valence-electron chi connectivity index (χ2n) is 12.5. The molecule has 0 aliphatic carbocycles. The number of rotatable bonds is 9. The van der Waals surface area contributed by atoms with Crippen LogP contribution in [0.2, 0.25) is 0 Å². The van der Waals surface area contributed by atoms with Crippen molar-refractivity contribution in [3.63, 3.8) is 0 Å². The van der Waals surface area contributed by atoms with E-state index in [1.165, 1.54) is 22.3 Å². The summed E-state index contributed by atoms with van der Waals surface area (Å²) in [5, 5.41) is 16.2. The van der Waals surface area contributed by atoms with Crippen LogP contribution in [-0.2, 0) is 34.8 Å². The Morgan fingerprint density at radius 3 is 1.52 bits per heavy atom. The third kappa shape index (κ3) is 13.0. The van der Waals surface area contributed by atoms with E-state index >= 15 is 0 Å². The largest absolute Gasteiger partial charge is 4.00 e. The molecule has 0 unspecified atom stereocenters. The van der Waals surface area contributed by atoms with Crippen molar-refractivity contribution in [2.75, 3.05) is 13.1 Å². The maximum absolute atomic E-state index is 11.2. The predicted molar refractivity (Wildman–Crippen MR) is 209 cm³/mol.